The Labute approximate surface area is 147 Å². The van der Waals surface area contributed by atoms with Crippen molar-refractivity contribution in [2.45, 2.75) is 32.5 Å². The van der Waals surface area contributed by atoms with Gasteiger partial charge in [-0.15, -0.1) is 0 Å². The minimum absolute atomic E-state index is 0.135. The Balaban J connectivity index is 1.63. The second-order valence-electron chi connectivity index (χ2n) is 5.98. The summed E-state index contributed by atoms with van der Waals surface area (Å²) in [5.41, 5.74) is 1.93. The van der Waals surface area contributed by atoms with Gasteiger partial charge in [-0.2, -0.15) is 0 Å². The summed E-state index contributed by atoms with van der Waals surface area (Å²) >= 11 is 0. The first-order chi connectivity index (χ1) is 12.2. The number of ether oxygens (including phenoxy) is 1. The highest BCUT2D eigenvalue weighted by Crippen LogP contribution is 2.20. The second-order valence-corrected chi connectivity index (χ2v) is 5.98. The smallest absolute Gasteiger partial charge is 0.247 e. The van der Waals surface area contributed by atoms with E-state index in [-0.39, 0.29) is 18.2 Å². The summed E-state index contributed by atoms with van der Waals surface area (Å²) in [7, 11) is 0. The lowest BCUT2D eigenvalue weighted by molar-refractivity contribution is -0.139. The van der Waals surface area contributed by atoms with E-state index in [9.17, 15) is 9.59 Å². The Morgan fingerprint density at radius 2 is 1.80 bits per heavy atom. The first kappa shape index (κ1) is 17.2. The van der Waals surface area contributed by atoms with Gasteiger partial charge in [0.25, 0.3) is 0 Å². The summed E-state index contributed by atoms with van der Waals surface area (Å²) < 4.78 is 5.60. The molecule has 0 bridgehead atoms. The number of para-hydroxylation sites is 1. The molecule has 1 aliphatic rings. The first-order valence-electron chi connectivity index (χ1n) is 8.51. The molecule has 0 saturated carbocycles. The van der Waals surface area contributed by atoms with E-state index in [1.807, 2.05) is 61.5 Å². The Bertz CT molecular complexity index is 746. The highest BCUT2D eigenvalue weighted by Gasteiger charge is 2.38. The lowest BCUT2D eigenvalue weighted by atomic mass is 10.1. The summed E-state index contributed by atoms with van der Waals surface area (Å²) in [5.74, 6) is 0.502. The van der Waals surface area contributed by atoms with Crippen LogP contribution in [0.3, 0.4) is 0 Å². The molecule has 1 aliphatic heterocycles. The van der Waals surface area contributed by atoms with Gasteiger partial charge in [0.15, 0.2) is 0 Å². The first-order valence-corrected chi connectivity index (χ1v) is 8.51. The monoisotopic (exact) mass is 338 g/mol. The molecule has 0 spiro atoms. The van der Waals surface area contributed by atoms with Gasteiger partial charge >= 0.3 is 0 Å². The third-order valence-electron chi connectivity index (χ3n) is 4.24. The van der Waals surface area contributed by atoms with Crippen molar-refractivity contribution in [2.75, 3.05) is 6.61 Å². The van der Waals surface area contributed by atoms with E-state index in [1.165, 1.54) is 4.90 Å². The number of amides is 2. The number of hydrogen-bond acceptors (Lipinski definition) is 4. The average Bonchev–Trinajstić information content (AvgIpc) is 2.90. The highest BCUT2D eigenvalue weighted by atomic mass is 16.5. The van der Waals surface area contributed by atoms with Gasteiger partial charge in [-0.1, -0.05) is 48.5 Å². The van der Waals surface area contributed by atoms with Crippen molar-refractivity contribution in [3.8, 4) is 5.75 Å². The van der Waals surface area contributed by atoms with Crippen molar-refractivity contribution in [3.05, 3.63) is 65.7 Å². The molecule has 1 atom stereocenters. The largest absolute Gasteiger partial charge is 0.494 e. The van der Waals surface area contributed by atoms with Gasteiger partial charge in [0.2, 0.25) is 11.8 Å². The fourth-order valence-corrected chi connectivity index (χ4v) is 2.95. The fraction of sp³-hybridized carbons (Fsp3) is 0.300. The van der Waals surface area contributed by atoms with E-state index in [2.05, 4.69) is 5.32 Å². The number of benzene rings is 2. The van der Waals surface area contributed by atoms with E-state index in [1.54, 1.807) is 0 Å². The van der Waals surface area contributed by atoms with Crippen molar-refractivity contribution in [1.82, 2.24) is 10.2 Å². The summed E-state index contributed by atoms with van der Waals surface area (Å²) in [6.07, 6.45) is 0.197. The quantitative estimate of drug-likeness (QED) is 0.788. The zero-order chi connectivity index (χ0) is 17.6. The number of hydrogen-bond donors (Lipinski definition) is 1. The standard InChI is InChI=1S/C20H22N2O3/c1-2-25-18-11-7-6-10-16(18)13-21-17-12-19(23)22(20(17)24)14-15-8-4-3-5-9-15/h3-11,17,21H,2,12-14H2,1H3/t17-/m1/s1. The lowest BCUT2D eigenvalue weighted by Crippen LogP contribution is -2.38. The molecule has 1 saturated heterocycles. The zero-order valence-electron chi connectivity index (χ0n) is 14.3. The molecule has 25 heavy (non-hydrogen) atoms. The normalized spacial score (nSPS) is 17.2. The van der Waals surface area contributed by atoms with Gasteiger partial charge in [0.1, 0.15) is 5.75 Å². The minimum atomic E-state index is -0.481. The number of nitrogens with zero attached hydrogens (tertiary/aromatic N) is 1. The molecule has 5 nitrogen and oxygen atoms in total. The van der Waals surface area contributed by atoms with Crippen LogP contribution in [0.2, 0.25) is 0 Å². The van der Waals surface area contributed by atoms with Crippen LogP contribution in [0.4, 0.5) is 0 Å². The predicted molar refractivity (Wildman–Crippen MR) is 94.9 cm³/mol. The van der Waals surface area contributed by atoms with E-state index >= 15 is 0 Å². The number of carbonyl (C=O) groups excluding carboxylic acids is 2. The van der Waals surface area contributed by atoms with Crippen LogP contribution in [0.25, 0.3) is 0 Å². The molecule has 5 heteroatoms. The molecular formula is C20H22N2O3. The second kappa shape index (κ2) is 7.94. The molecular weight excluding hydrogens is 316 g/mol. The van der Waals surface area contributed by atoms with Crippen LogP contribution in [0.1, 0.15) is 24.5 Å². The topological polar surface area (TPSA) is 58.6 Å². The molecule has 0 unspecified atom stereocenters. The van der Waals surface area contributed by atoms with Crippen LogP contribution in [-0.4, -0.2) is 29.4 Å². The van der Waals surface area contributed by atoms with E-state index < -0.39 is 6.04 Å². The third kappa shape index (κ3) is 4.06. The number of nitrogens with one attached hydrogen (secondary N) is 1. The lowest BCUT2D eigenvalue weighted by Gasteiger charge is -2.16. The van der Waals surface area contributed by atoms with E-state index in [4.69, 9.17) is 4.74 Å². The number of rotatable bonds is 7. The Morgan fingerprint density at radius 3 is 2.56 bits per heavy atom. The van der Waals surface area contributed by atoms with Gasteiger partial charge < -0.3 is 10.1 Å². The van der Waals surface area contributed by atoms with Crippen LogP contribution in [0.5, 0.6) is 5.75 Å². The fourth-order valence-electron chi connectivity index (χ4n) is 2.95. The maximum atomic E-state index is 12.6. The molecule has 130 valence electrons. The minimum Gasteiger partial charge on any atom is -0.494 e. The number of carbonyl (C=O) groups is 2. The SMILES string of the molecule is CCOc1ccccc1CN[C@@H]1CC(=O)N(Cc2ccccc2)C1=O. The zero-order valence-corrected chi connectivity index (χ0v) is 14.3. The Morgan fingerprint density at radius 1 is 1.08 bits per heavy atom. The van der Waals surface area contributed by atoms with Crippen molar-refractivity contribution in [2.24, 2.45) is 0 Å². The molecule has 2 aromatic carbocycles. The van der Waals surface area contributed by atoms with Gasteiger partial charge in [0.05, 0.1) is 25.6 Å². The van der Waals surface area contributed by atoms with Crippen molar-refractivity contribution in [3.63, 3.8) is 0 Å². The van der Waals surface area contributed by atoms with Crippen LogP contribution >= 0.6 is 0 Å². The highest BCUT2D eigenvalue weighted by molar-refractivity contribution is 6.05. The Kier molecular flexibility index (Phi) is 5.46. The molecule has 1 N–H and O–H groups in total. The molecule has 3 rings (SSSR count). The van der Waals surface area contributed by atoms with Crippen LogP contribution in [0, 0.1) is 0 Å². The maximum Gasteiger partial charge on any atom is 0.247 e. The number of likely N-dealkylation sites (tertiary alicyclic amines) is 1. The molecule has 0 radical (unpaired) electrons. The Hall–Kier alpha value is -2.66. The van der Waals surface area contributed by atoms with Crippen molar-refractivity contribution >= 4 is 11.8 Å². The van der Waals surface area contributed by atoms with Crippen LogP contribution in [-0.2, 0) is 22.7 Å². The van der Waals surface area contributed by atoms with Crippen molar-refractivity contribution < 1.29 is 14.3 Å². The average molecular weight is 338 g/mol. The van der Waals surface area contributed by atoms with Gasteiger partial charge in [-0.25, -0.2) is 0 Å². The predicted octanol–water partition coefficient (Wildman–Crippen LogP) is 2.50. The summed E-state index contributed by atoms with van der Waals surface area (Å²) in [5, 5.41) is 3.20. The van der Waals surface area contributed by atoms with E-state index in [0.29, 0.717) is 19.7 Å². The number of imide groups is 1. The van der Waals surface area contributed by atoms with Crippen molar-refractivity contribution in [1.29, 1.82) is 0 Å². The third-order valence-corrected chi connectivity index (χ3v) is 4.24. The molecule has 0 aliphatic carbocycles. The molecule has 0 aromatic heterocycles. The van der Waals surface area contributed by atoms with Crippen LogP contribution in [0.15, 0.2) is 54.6 Å². The van der Waals surface area contributed by atoms with E-state index in [0.717, 1.165) is 16.9 Å². The van der Waals surface area contributed by atoms with Gasteiger partial charge in [-0.3, -0.25) is 14.5 Å². The van der Waals surface area contributed by atoms with Gasteiger partial charge in [-0.05, 0) is 18.6 Å². The van der Waals surface area contributed by atoms with Crippen LogP contribution < -0.4 is 10.1 Å². The molecule has 2 amide bonds. The molecule has 1 fully saturated rings. The summed E-state index contributed by atoms with van der Waals surface area (Å²) in [6, 6.07) is 16.8. The maximum absolute atomic E-state index is 12.6. The summed E-state index contributed by atoms with van der Waals surface area (Å²) in [6.45, 7) is 3.33. The molecule has 1 heterocycles. The molecule has 2 aromatic rings. The van der Waals surface area contributed by atoms with Gasteiger partial charge in [0, 0.05) is 12.1 Å². The summed E-state index contributed by atoms with van der Waals surface area (Å²) in [4.78, 5) is 26.1.